The van der Waals surface area contributed by atoms with Crippen molar-refractivity contribution in [2.24, 2.45) is 0 Å². The largest absolute Gasteiger partial charge is 0.357 e. The van der Waals surface area contributed by atoms with Crippen molar-refractivity contribution in [2.75, 3.05) is 10.6 Å². The fourth-order valence-corrected chi connectivity index (χ4v) is 3.74. The van der Waals surface area contributed by atoms with Crippen molar-refractivity contribution in [3.05, 3.63) is 58.7 Å². The van der Waals surface area contributed by atoms with E-state index in [4.69, 9.17) is 0 Å². The Hall–Kier alpha value is -2.00. The lowest BCUT2D eigenvalue weighted by molar-refractivity contribution is 0.232. The lowest BCUT2D eigenvalue weighted by Crippen LogP contribution is -2.30. The number of rotatable bonds is 8. The van der Waals surface area contributed by atoms with Gasteiger partial charge >= 0.3 is 0 Å². The standard InChI is InChI=1S/C25H38N2O/c1-15(2)19-11-9-12-20(16(3)4)23(19)26-25(28)27-24-21(17(5)6)13-10-14-22(24)18(7)8/h9-18,25-28H,1-8H3. The third kappa shape index (κ3) is 5.08. The van der Waals surface area contributed by atoms with E-state index in [-0.39, 0.29) is 0 Å². The predicted molar refractivity (Wildman–Crippen MR) is 122 cm³/mol. The maximum Gasteiger partial charge on any atom is 0.202 e. The summed E-state index contributed by atoms with van der Waals surface area (Å²) >= 11 is 0. The highest BCUT2D eigenvalue weighted by atomic mass is 16.3. The summed E-state index contributed by atoms with van der Waals surface area (Å²) in [6.07, 6.45) is -0.866. The molecular formula is C25H38N2O. The Labute approximate surface area is 171 Å². The average molecular weight is 383 g/mol. The van der Waals surface area contributed by atoms with Crippen molar-refractivity contribution in [3.8, 4) is 0 Å². The quantitative estimate of drug-likeness (QED) is 0.431. The van der Waals surface area contributed by atoms with Gasteiger partial charge in [-0.15, -0.1) is 0 Å². The molecule has 0 amide bonds. The first-order chi connectivity index (χ1) is 13.1. The van der Waals surface area contributed by atoms with Crippen LogP contribution in [0.1, 0.15) is 101 Å². The zero-order valence-electron chi connectivity index (χ0n) is 18.8. The zero-order chi connectivity index (χ0) is 21.0. The van der Waals surface area contributed by atoms with Crippen LogP contribution in [0.3, 0.4) is 0 Å². The summed E-state index contributed by atoms with van der Waals surface area (Å²) in [5.74, 6) is 1.51. The second-order valence-electron chi connectivity index (χ2n) is 8.93. The highest BCUT2D eigenvalue weighted by Crippen LogP contribution is 2.35. The van der Waals surface area contributed by atoms with Crippen LogP contribution in [0.15, 0.2) is 36.4 Å². The minimum Gasteiger partial charge on any atom is -0.357 e. The molecule has 0 bridgehead atoms. The van der Waals surface area contributed by atoms with Crippen molar-refractivity contribution in [1.29, 1.82) is 0 Å². The molecule has 3 N–H and O–H groups in total. The van der Waals surface area contributed by atoms with E-state index in [1.54, 1.807) is 0 Å². The third-order valence-electron chi connectivity index (χ3n) is 5.31. The first kappa shape index (κ1) is 22.3. The number of hydrogen-bond acceptors (Lipinski definition) is 3. The maximum absolute atomic E-state index is 11.0. The molecule has 0 aliphatic rings. The van der Waals surface area contributed by atoms with E-state index in [1.165, 1.54) is 22.3 Å². The molecule has 2 aromatic rings. The van der Waals surface area contributed by atoms with Gasteiger partial charge in [0.05, 0.1) is 0 Å². The van der Waals surface area contributed by atoms with Crippen molar-refractivity contribution < 1.29 is 5.11 Å². The topological polar surface area (TPSA) is 44.3 Å². The van der Waals surface area contributed by atoms with Gasteiger partial charge in [0.2, 0.25) is 6.35 Å². The molecule has 0 aliphatic carbocycles. The Bertz CT molecular complexity index is 660. The summed E-state index contributed by atoms with van der Waals surface area (Å²) in [6, 6.07) is 12.8. The highest BCUT2D eigenvalue weighted by molar-refractivity contribution is 5.64. The van der Waals surface area contributed by atoms with E-state index in [9.17, 15) is 5.11 Å². The van der Waals surface area contributed by atoms with Crippen molar-refractivity contribution in [1.82, 2.24) is 0 Å². The van der Waals surface area contributed by atoms with Crippen LogP contribution < -0.4 is 10.6 Å². The number of nitrogens with one attached hydrogen (secondary N) is 2. The van der Waals surface area contributed by atoms with Gasteiger partial charge in [-0.3, -0.25) is 0 Å². The van der Waals surface area contributed by atoms with Gasteiger partial charge in [-0.25, -0.2) is 0 Å². The van der Waals surface area contributed by atoms with Crippen LogP contribution in [-0.4, -0.2) is 11.5 Å². The fraction of sp³-hybridized carbons (Fsp3) is 0.520. The molecule has 0 aromatic heterocycles. The van der Waals surface area contributed by atoms with Crippen LogP contribution >= 0.6 is 0 Å². The van der Waals surface area contributed by atoms with E-state index >= 15 is 0 Å². The van der Waals surface area contributed by atoms with Gasteiger partial charge in [-0.1, -0.05) is 91.8 Å². The van der Waals surface area contributed by atoms with Crippen LogP contribution in [0.2, 0.25) is 0 Å². The molecule has 3 nitrogen and oxygen atoms in total. The predicted octanol–water partition coefficient (Wildman–Crippen LogP) is 6.98. The highest BCUT2D eigenvalue weighted by Gasteiger charge is 2.19. The van der Waals surface area contributed by atoms with Crippen LogP contribution in [0.5, 0.6) is 0 Å². The molecule has 0 radical (unpaired) electrons. The average Bonchev–Trinajstić information content (AvgIpc) is 2.61. The van der Waals surface area contributed by atoms with Gasteiger partial charge in [0, 0.05) is 11.4 Å². The Morgan fingerprint density at radius 2 is 0.786 bits per heavy atom. The van der Waals surface area contributed by atoms with Gasteiger partial charge in [-0.05, 0) is 45.9 Å². The van der Waals surface area contributed by atoms with Gasteiger partial charge in [-0.2, -0.15) is 0 Å². The van der Waals surface area contributed by atoms with Gasteiger partial charge < -0.3 is 15.7 Å². The van der Waals surface area contributed by atoms with Crippen molar-refractivity contribution in [2.45, 2.75) is 85.4 Å². The number of anilines is 2. The van der Waals surface area contributed by atoms with E-state index < -0.39 is 6.35 Å². The minimum atomic E-state index is -0.866. The fourth-order valence-electron chi connectivity index (χ4n) is 3.74. The lowest BCUT2D eigenvalue weighted by atomic mass is 9.92. The molecule has 0 spiro atoms. The Balaban J connectivity index is 2.40. The van der Waals surface area contributed by atoms with Gasteiger partial charge in [0.15, 0.2) is 0 Å². The molecule has 0 aliphatic heterocycles. The number of benzene rings is 2. The van der Waals surface area contributed by atoms with Gasteiger partial charge in [0.1, 0.15) is 0 Å². The summed E-state index contributed by atoms with van der Waals surface area (Å²) in [5.41, 5.74) is 7.00. The molecular weight excluding hydrogens is 344 g/mol. The van der Waals surface area contributed by atoms with Gasteiger partial charge in [0.25, 0.3) is 0 Å². The van der Waals surface area contributed by atoms with Crippen molar-refractivity contribution in [3.63, 3.8) is 0 Å². The molecule has 28 heavy (non-hydrogen) atoms. The van der Waals surface area contributed by atoms with Crippen LogP contribution in [-0.2, 0) is 0 Å². The van der Waals surface area contributed by atoms with E-state index in [0.29, 0.717) is 23.7 Å². The second kappa shape index (κ2) is 9.47. The molecule has 0 heterocycles. The second-order valence-corrected chi connectivity index (χ2v) is 8.93. The van der Waals surface area contributed by atoms with E-state index in [2.05, 4.69) is 102 Å². The van der Waals surface area contributed by atoms with Crippen LogP contribution in [0.4, 0.5) is 11.4 Å². The van der Waals surface area contributed by atoms with Crippen LogP contribution in [0.25, 0.3) is 0 Å². The summed E-state index contributed by atoms with van der Waals surface area (Å²) in [6.45, 7) is 17.5. The normalized spacial score (nSPS) is 11.9. The van der Waals surface area contributed by atoms with E-state index in [1.807, 2.05) is 0 Å². The summed E-state index contributed by atoms with van der Waals surface area (Å²) in [4.78, 5) is 0. The van der Waals surface area contributed by atoms with Crippen LogP contribution in [0, 0.1) is 0 Å². The number of para-hydroxylation sites is 2. The smallest absolute Gasteiger partial charge is 0.202 e. The molecule has 0 unspecified atom stereocenters. The summed E-state index contributed by atoms with van der Waals surface area (Å²) in [5, 5.41) is 17.7. The zero-order valence-corrected chi connectivity index (χ0v) is 18.8. The Morgan fingerprint density at radius 3 is 1.00 bits per heavy atom. The molecule has 3 heteroatoms. The SMILES string of the molecule is CC(C)c1cccc(C(C)C)c1NC(O)Nc1c(C(C)C)cccc1C(C)C. The number of aliphatic hydroxyl groups excluding tert-OH is 1. The maximum atomic E-state index is 11.0. The first-order valence-corrected chi connectivity index (χ1v) is 10.6. The summed E-state index contributed by atoms with van der Waals surface area (Å²) < 4.78 is 0. The monoisotopic (exact) mass is 382 g/mol. The molecule has 2 rings (SSSR count). The third-order valence-corrected chi connectivity index (χ3v) is 5.31. The number of aliphatic hydroxyl groups is 1. The molecule has 0 saturated heterocycles. The Kier molecular flexibility index (Phi) is 7.54. The lowest BCUT2D eigenvalue weighted by Gasteiger charge is -2.27. The molecule has 0 atom stereocenters. The molecule has 0 saturated carbocycles. The first-order valence-electron chi connectivity index (χ1n) is 10.6. The minimum absolute atomic E-state index is 0.377. The summed E-state index contributed by atoms with van der Waals surface area (Å²) in [7, 11) is 0. The van der Waals surface area contributed by atoms with E-state index in [0.717, 1.165) is 11.4 Å². The Morgan fingerprint density at radius 1 is 0.536 bits per heavy atom. The molecule has 154 valence electrons. The molecule has 2 aromatic carbocycles. The molecule has 0 fully saturated rings. The van der Waals surface area contributed by atoms with Crippen molar-refractivity contribution >= 4 is 11.4 Å². The number of hydrogen-bond donors (Lipinski definition) is 3.